The molecule has 0 amide bonds. The lowest BCUT2D eigenvalue weighted by molar-refractivity contribution is 0.109. The Morgan fingerprint density at radius 3 is 2.75 bits per heavy atom. The van der Waals surface area contributed by atoms with Gasteiger partial charge in [-0.3, -0.25) is 4.79 Å². The number of aromatic amines is 1. The van der Waals surface area contributed by atoms with Crippen molar-refractivity contribution in [1.82, 2.24) is 10.2 Å². The van der Waals surface area contributed by atoms with E-state index < -0.39 is 5.76 Å². The maximum Gasteiger partial charge on any atom is 0.434 e. The first-order valence-corrected chi connectivity index (χ1v) is 1.83. The molecule has 0 saturated heterocycles. The van der Waals surface area contributed by atoms with Crippen molar-refractivity contribution in [3.8, 4) is 0 Å². The van der Waals surface area contributed by atoms with E-state index in [0.717, 1.165) is 0 Å². The molecule has 0 fully saturated rings. The van der Waals surface area contributed by atoms with Crippen LogP contribution in [0.3, 0.4) is 0 Å². The van der Waals surface area contributed by atoms with Crippen molar-refractivity contribution < 1.29 is 9.21 Å². The lowest BCUT2D eigenvalue weighted by Crippen LogP contribution is -1.93. The molecule has 0 aliphatic rings. The molecule has 42 valence electrons. The Bertz CT molecular complexity index is 235. The summed E-state index contributed by atoms with van der Waals surface area (Å²) in [6.45, 7) is 0. The lowest BCUT2D eigenvalue weighted by Gasteiger charge is -1.63. The topological polar surface area (TPSA) is 76.0 Å². The number of aldehydes is 1. The van der Waals surface area contributed by atoms with E-state index in [-0.39, 0.29) is 5.89 Å². The number of hydrogen-bond acceptors (Lipinski definition) is 4. The molecule has 1 rings (SSSR count). The van der Waals surface area contributed by atoms with Crippen LogP contribution in [0.15, 0.2) is 9.21 Å². The summed E-state index contributed by atoms with van der Waals surface area (Å²) in [5, 5.41) is 5.08. The first kappa shape index (κ1) is 4.76. The molecular weight excluding hydrogens is 112 g/mol. The molecule has 5 nitrogen and oxygen atoms in total. The molecule has 0 aliphatic heterocycles. The Morgan fingerprint density at radius 2 is 2.50 bits per heavy atom. The molecule has 0 saturated carbocycles. The van der Waals surface area contributed by atoms with Gasteiger partial charge < -0.3 is 4.42 Å². The number of carbonyl (C=O) groups is 1. The van der Waals surface area contributed by atoms with Gasteiger partial charge in [-0.05, 0) is 0 Å². The SMILES string of the molecule is O=Cc1n[nH]c(=O)o1. The van der Waals surface area contributed by atoms with Crippen LogP contribution in [0.1, 0.15) is 10.7 Å². The summed E-state index contributed by atoms with van der Waals surface area (Å²) in [6, 6.07) is 0. The van der Waals surface area contributed by atoms with Crippen molar-refractivity contribution in [2.75, 3.05) is 0 Å². The Balaban J connectivity index is 3.18. The zero-order chi connectivity index (χ0) is 5.98. The summed E-state index contributed by atoms with van der Waals surface area (Å²) in [5.74, 6) is -0.942. The number of rotatable bonds is 1. The number of H-pyrrole nitrogens is 1. The van der Waals surface area contributed by atoms with Crippen LogP contribution in [0.4, 0.5) is 0 Å². The summed E-state index contributed by atoms with van der Waals surface area (Å²) < 4.78 is 4.14. The van der Waals surface area contributed by atoms with Gasteiger partial charge in [0.1, 0.15) is 0 Å². The van der Waals surface area contributed by atoms with E-state index in [1.165, 1.54) is 0 Å². The minimum atomic E-state index is -0.716. The molecule has 8 heavy (non-hydrogen) atoms. The molecule has 0 aromatic carbocycles. The lowest BCUT2D eigenvalue weighted by atomic mass is 10.8. The van der Waals surface area contributed by atoms with Gasteiger partial charge >= 0.3 is 5.76 Å². The van der Waals surface area contributed by atoms with Crippen LogP contribution in [-0.4, -0.2) is 16.5 Å². The number of nitrogens with one attached hydrogen (secondary N) is 1. The summed E-state index contributed by atoms with van der Waals surface area (Å²) >= 11 is 0. The largest absolute Gasteiger partial charge is 0.434 e. The van der Waals surface area contributed by atoms with Gasteiger partial charge in [0.15, 0.2) is 0 Å². The summed E-state index contributed by atoms with van der Waals surface area (Å²) in [7, 11) is 0. The first-order valence-electron chi connectivity index (χ1n) is 1.83. The van der Waals surface area contributed by atoms with E-state index >= 15 is 0 Å². The fraction of sp³-hybridized carbons (Fsp3) is 0. The highest BCUT2D eigenvalue weighted by molar-refractivity contribution is 5.66. The van der Waals surface area contributed by atoms with Gasteiger partial charge in [0.05, 0.1) is 0 Å². The van der Waals surface area contributed by atoms with Crippen molar-refractivity contribution in [2.45, 2.75) is 0 Å². The normalized spacial score (nSPS) is 9.00. The number of aromatic nitrogens is 2. The third-order valence-electron chi connectivity index (χ3n) is 0.555. The quantitative estimate of drug-likeness (QED) is 0.483. The molecular formula is C3H2N2O3. The van der Waals surface area contributed by atoms with Gasteiger partial charge in [0.25, 0.3) is 5.89 Å². The molecule has 0 spiro atoms. The van der Waals surface area contributed by atoms with Crippen molar-refractivity contribution in [3.05, 3.63) is 16.4 Å². The molecule has 1 aromatic rings. The van der Waals surface area contributed by atoms with E-state index in [4.69, 9.17) is 0 Å². The number of hydrogen-bond donors (Lipinski definition) is 1. The highest BCUT2D eigenvalue weighted by Crippen LogP contribution is 1.75. The Hall–Kier alpha value is -1.39. The molecule has 0 aliphatic carbocycles. The molecule has 0 atom stereocenters. The maximum atomic E-state index is 10.0. The second-order valence-electron chi connectivity index (χ2n) is 1.07. The van der Waals surface area contributed by atoms with E-state index in [9.17, 15) is 9.59 Å². The maximum absolute atomic E-state index is 10.0. The van der Waals surface area contributed by atoms with E-state index in [1.54, 1.807) is 0 Å². The third-order valence-corrected chi connectivity index (χ3v) is 0.555. The van der Waals surface area contributed by atoms with Gasteiger partial charge in [0, 0.05) is 0 Å². The highest BCUT2D eigenvalue weighted by atomic mass is 16.4. The van der Waals surface area contributed by atoms with E-state index in [1.807, 2.05) is 5.10 Å². The average molecular weight is 114 g/mol. The molecule has 0 radical (unpaired) electrons. The van der Waals surface area contributed by atoms with Gasteiger partial charge in [-0.15, -0.1) is 5.10 Å². The van der Waals surface area contributed by atoms with Crippen LogP contribution in [-0.2, 0) is 0 Å². The van der Waals surface area contributed by atoms with Gasteiger partial charge in [-0.25, -0.2) is 9.89 Å². The smallest absolute Gasteiger partial charge is 0.385 e. The zero-order valence-electron chi connectivity index (χ0n) is 3.75. The molecule has 1 aromatic heterocycles. The Kier molecular flexibility index (Phi) is 0.957. The average Bonchev–Trinajstić information content (AvgIpc) is 2.14. The van der Waals surface area contributed by atoms with E-state index in [0.29, 0.717) is 6.29 Å². The highest BCUT2D eigenvalue weighted by Gasteiger charge is 1.93. The standard InChI is InChI=1S/C3H2N2O3/c6-1-2-4-5-3(7)8-2/h1H,(H,5,7). The van der Waals surface area contributed by atoms with Crippen LogP contribution in [0.2, 0.25) is 0 Å². The first-order chi connectivity index (χ1) is 3.83. The monoisotopic (exact) mass is 114 g/mol. The van der Waals surface area contributed by atoms with Crippen LogP contribution in [0.25, 0.3) is 0 Å². The van der Waals surface area contributed by atoms with Crippen molar-refractivity contribution in [2.24, 2.45) is 0 Å². The van der Waals surface area contributed by atoms with Crippen molar-refractivity contribution >= 4 is 6.29 Å². The number of carbonyl (C=O) groups excluding carboxylic acids is 1. The summed E-state index contributed by atoms with van der Waals surface area (Å²) in [4.78, 5) is 19.7. The van der Waals surface area contributed by atoms with Crippen LogP contribution in [0, 0.1) is 0 Å². The Morgan fingerprint density at radius 1 is 1.75 bits per heavy atom. The van der Waals surface area contributed by atoms with Crippen LogP contribution >= 0.6 is 0 Å². The molecule has 1 heterocycles. The van der Waals surface area contributed by atoms with E-state index in [2.05, 4.69) is 9.52 Å². The molecule has 5 heteroatoms. The second kappa shape index (κ2) is 1.61. The van der Waals surface area contributed by atoms with Gasteiger partial charge in [-0.2, -0.15) is 0 Å². The molecule has 1 N–H and O–H groups in total. The number of nitrogens with zero attached hydrogens (tertiary/aromatic N) is 1. The van der Waals surface area contributed by atoms with Crippen LogP contribution < -0.4 is 5.76 Å². The predicted octanol–water partition coefficient (Wildman–Crippen LogP) is -0.825. The molecule has 0 bridgehead atoms. The van der Waals surface area contributed by atoms with Crippen molar-refractivity contribution in [1.29, 1.82) is 0 Å². The van der Waals surface area contributed by atoms with Gasteiger partial charge in [-0.1, -0.05) is 0 Å². The minimum Gasteiger partial charge on any atom is -0.385 e. The second-order valence-corrected chi connectivity index (χ2v) is 1.07. The zero-order valence-corrected chi connectivity index (χ0v) is 3.75. The third kappa shape index (κ3) is 0.651. The fourth-order valence-electron chi connectivity index (χ4n) is 0.292. The van der Waals surface area contributed by atoms with Gasteiger partial charge in [0.2, 0.25) is 6.29 Å². The summed E-state index contributed by atoms with van der Waals surface area (Å²) in [5.41, 5.74) is 0. The van der Waals surface area contributed by atoms with Crippen LogP contribution in [0.5, 0.6) is 0 Å². The predicted molar refractivity (Wildman–Crippen MR) is 22.5 cm³/mol. The fourth-order valence-corrected chi connectivity index (χ4v) is 0.292. The Labute approximate surface area is 43.3 Å². The molecule has 0 unspecified atom stereocenters. The van der Waals surface area contributed by atoms with Crippen molar-refractivity contribution in [3.63, 3.8) is 0 Å². The minimum absolute atomic E-state index is 0.227. The summed E-state index contributed by atoms with van der Waals surface area (Å²) in [6.07, 6.45) is 0.345.